The molecule has 0 spiro atoms. The van der Waals surface area contributed by atoms with E-state index in [1.807, 2.05) is 18.9 Å². The molecule has 0 saturated carbocycles. The van der Waals surface area contributed by atoms with Crippen molar-refractivity contribution < 1.29 is 9.18 Å². The maximum atomic E-state index is 13.2. The van der Waals surface area contributed by atoms with Gasteiger partial charge >= 0.3 is 0 Å². The predicted octanol–water partition coefficient (Wildman–Crippen LogP) is 3.23. The van der Waals surface area contributed by atoms with Crippen LogP contribution in [0.3, 0.4) is 0 Å². The van der Waals surface area contributed by atoms with Gasteiger partial charge in [-0.25, -0.2) is 9.37 Å². The zero-order chi connectivity index (χ0) is 15.6. The van der Waals surface area contributed by atoms with Crippen molar-refractivity contribution in [3.8, 4) is 0 Å². The lowest BCUT2D eigenvalue weighted by Crippen LogP contribution is -2.15. The van der Waals surface area contributed by atoms with E-state index in [-0.39, 0.29) is 21.4 Å². The van der Waals surface area contributed by atoms with E-state index >= 15 is 0 Å². The number of rotatable bonds is 4. The molecule has 1 heterocycles. The van der Waals surface area contributed by atoms with E-state index in [2.05, 4.69) is 10.3 Å². The smallest absolute Gasteiger partial charge is 0.269 e. The lowest BCUT2D eigenvalue weighted by atomic mass is 10.3. The molecule has 5 nitrogen and oxygen atoms in total. The second-order valence-electron chi connectivity index (χ2n) is 4.34. The number of nitrogens with two attached hydrogens (primary N) is 1. The molecule has 0 saturated heterocycles. The predicted molar refractivity (Wildman–Crippen MR) is 84.8 cm³/mol. The van der Waals surface area contributed by atoms with Gasteiger partial charge in [-0.2, -0.15) is 0 Å². The zero-order valence-corrected chi connectivity index (χ0v) is 13.1. The Morgan fingerprint density at radius 3 is 2.86 bits per heavy atom. The number of hydrogen-bond donors (Lipinski definition) is 2. The molecule has 3 N–H and O–H groups in total. The van der Waals surface area contributed by atoms with Crippen LogP contribution in [0, 0.1) is 5.82 Å². The highest BCUT2D eigenvalue weighted by atomic mass is 35.5. The third-order valence-corrected chi connectivity index (χ3v) is 4.17. The molecule has 2 aromatic rings. The molecular formula is C13H14ClFN4OS. The topological polar surface area (TPSA) is 71.2 Å². The van der Waals surface area contributed by atoms with Gasteiger partial charge in [0, 0.05) is 24.3 Å². The minimum absolute atomic E-state index is 0.148. The van der Waals surface area contributed by atoms with Gasteiger partial charge in [-0.15, -0.1) is 0 Å². The summed E-state index contributed by atoms with van der Waals surface area (Å²) in [7, 11) is 1.85. The van der Waals surface area contributed by atoms with Crippen LogP contribution >= 0.6 is 22.9 Å². The molecule has 1 amide bonds. The van der Waals surface area contributed by atoms with Crippen LogP contribution in [-0.2, 0) is 0 Å². The van der Waals surface area contributed by atoms with E-state index in [1.54, 1.807) is 0 Å². The minimum atomic E-state index is -0.526. The summed E-state index contributed by atoms with van der Waals surface area (Å²) in [4.78, 5) is 18.5. The monoisotopic (exact) mass is 328 g/mol. The molecule has 1 aromatic heterocycles. The molecular weight excluding hydrogens is 315 g/mol. The van der Waals surface area contributed by atoms with Crippen LogP contribution in [0.4, 0.5) is 21.0 Å². The fraction of sp³-hybridized carbons (Fsp3) is 0.231. The van der Waals surface area contributed by atoms with Crippen LogP contribution in [0.15, 0.2) is 18.2 Å². The molecule has 8 heteroatoms. The summed E-state index contributed by atoms with van der Waals surface area (Å²) in [6.45, 7) is 2.71. The van der Waals surface area contributed by atoms with Crippen molar-refractivity contribution in [2.45, 2.75) is 6.92 Å². The fourth-order valence-corrected chi connectivity index (χ4v) is 2.72. The van der Waals surface area contributed by atoms with Crippen LogP contribution in [0.2, 0.25) is 5.02 Å². The molecule has 0 fully saturated rings. The number of halogens is 2. The first-order valence-corrected chi connectivity index (χ1v) is 7.35. The van der Waals surface area contributed by atoms with Gasteiger partial charge < -0.3 is 16.0 Å². The van der Waals surface area contributed by atoms with Crippen molar-refractivity contribution in [3.05, 3.63) is 33.9 Å². The summed E-state index contributed by atoms with van der Waals surface area (Å²) < 4.78 is 13.2. The maximum absolute atomic E-state index is 13.2. The number of aromatic nitrogens is 1. The minimum Gasteiger partial charge on any atom is -0.382 e. The van der Waals surface area contributed by atoms with Crippen LogP contribution in [-0.4, -0.2) is 24.5 Å². The van der Waals surface area contributed by atoms with E-state index in [0.717, 1.165) is 12.6 Å². The Kier molecular flexibility index (Phi) is 4.64. The van der Waals surface area contributed by atoms with Crippen LogP contribution in [0.25, 0.3) is 0 Å². The van der Waals surface area contributed by atoms with E-state index in [9.17, 15) is 9.18 Å². The Balaban J connectivity index is 2.22. The quantitative estimate of drug-likeness (QED) is 0.904. The Morgan fingerprint density at radius 2 is 2.24 bits per heavy atom. The normalized spacial score (nSPS) is 10.5. The zero-order valence-electron chi connectivity index (χ0n) is 11.5. The number of carbonyl (C=O) groups excluding carboxylic acids is 1. The number of benzene rings is 1. The standard InChI is InChI=1S/C13H14ClFN4OS/c1-3-19(2)13-18-11(16)10(21-13)12(20)17-9-5-7(14)4-8(15)6-9/h4-6H,3,16H2,1-2H3,(H,17,20). The Hall–Kier alpha value is -1.86. The van der Waals surface area contributed by atoms with E-state index in [4.69, 9.17) is 17.3 Å². The molecule has 112 valence electrons. The number of nitrogens with zero attached hydrogens (tertiary/aromatic N) is 2. The fourth-order valence-electron chi connectivity index (χ4n) is 1.60. The lowest BCUT2D eigenvalue weighted by Gasteiger charge is -2.10. The first-order chi connectivity index (χ1) is 9.90. The molecule has 0 bridgehead atoms. The summed E-state index contributed by atoms with van der Waals surface area (Å²) in [5.41, 5.74) is 6.03. The highest BCUT2D eigenvalue weighted by Gasteiger charge is 2.18. The summed E-state index contributed by atoms with van der Waals surface area (Å²) in [5.74, 6) is -0.820. The van der Waals surface area contributed by atoms with Crippen molar-refractivity contribution in [1.82, 2.24) is 4.98 Å². The summed E-state index contributed by atoms with van der Waals surface area (Å²) in [5, 5.41) is 3.41. The number of thiazole rings is 1. The van der Waals surface area contributed by atoms with Crippen molar-refractivity contribution in [2.24, 2.45) is 0 Å². The van der Waals surface area contributed by atoms with Crippen molar-refractivity contribution in [2.75, 3.05) is 29.5 Å². The lowest BCUT2D eigenvalue weighted by molar-refractivity contribution is 0.103. The van der Waals surface area contributed by atoms with Gasteiger partial charge in [-0.1, -0.05) is 22.9 Å². The number of nitrogen functional groups attached to an aromatic ring is 1. The SMILES string of the molecule is CCN(C)c1nc(N)c(C(=O)Nc2cc(F)cc(Cl)c2)s1. The molecule has 1 aromatic carbocycles. The average Bonchev–Trinajstić information content (AvgIpc) is 2.78. The van der Waals surface area contributed by atoms with Gasteiger partial charge in [0.25, 0.3) is 5.91 Å². The maximum Gasteiger partial charge on any atom is 0.269 e. The van der Waals surface area contributed by atoms with Crippen LogP contribution in [0.5, 0.6) is 0 Å². The summed E-state index contributed by atoms with van der Waals surface area (Å²) in [6, 6.07) is 3.80. The average molecular weight is 329 g/mol. The number of anilines is 3. The number of amides is 1. The van der Waals surface area contributed by atoms with Crippen molar-refractivity contribution >= 4 is 45.5 Å². The Morgan fingerprint density at radius 1 is 1.52 bits per heavy atom. The highest BCUT2D eigenvalue weighted by molar-refractivity contribution is 7.18. The molecule has 0 atom stereocenters. The Bertz CT molecular complexity index is 656. The Labute approximate surface area is 130 Å². The van der Waals surface area contributed by atoms with E-state index < -0.39 is 11.7 Å². The molecule has 21 heavy (non-hydrogen) atoms. The number of carbonyl (C=O) groups is 1. The molecule has 0 aliphatic rings. The van der Waals surface area contributed by atoms with Crippen molar-refractivity contribution in [3.63, 3.8) is 0 Å². The van der Waals surface area contributed by atoms with Gasteiger partial charge in [0.15, 0.2) is 5.13 Å². The van der Waals surface area contributed by atoms with Gasteiger partial charge in [0.2, 0.25) is 0 Å². The van der Waals surface area contributed by atoms with Gasteiger partial charge in [0.05, 0.1) is 0 Å². The largest absolute Gasteiger partial charge is 0.382 e. The molecule has 0 aliphatic heterocycles. The van der Waals surface area contributed by atoms with Gasteiger partial charge in [-0.3, -0.25) is 4.79 Å². The van der Waals surface area contributed by atoms with Crippen LogP contribution < -0.4 is 16.0 Å². The molecule has 2 rings (SSSR count). The molecule has 0 unspecified atom stereocenters. The van der Waals surface area contributed by atoms with Gasteiger partial charge in [0.1, 0.15) is 16.5 Å². The number of nitrogens with one attached hydrogen (secondary N) is 1. The third-order valence-electron chi connectivity index (χ3n) is 2.77. The second-order valence-corrected chi connectivity index (χ2v) is 5.75. The van der Waals surface area contributed by atoms with E-state index in [1.165, 1.54) is 23.5 Å². The number of hydrogen-bond acceptors (Lipinski definition) is 5. The molecule has 0 aliphatic carbocycles. The highest BCUT2D eigenvalue weighted by Crippen LogP contribution is 2.28. The van der Waals surface area contributed by atoms with Crippen molar-refractivity contribution in [1.29, 1.82) is 0 Å². The van der Waals surface area contributed by atoms with E-state index in [0.29, 0.717) is 5.13 Å². The van der Waals surface area contributed by atoms with Gasteiger partial charge in [-0.05, 0) is 25.1 Å². The van der Waals surface area contributed by atoms with Crippen LogP contribution in [0.1, 0.15) is 16.6 Å². The molecule has 0 radical (unpaired) electrons. The summed E-state index contributed by atoms with van der Waals surface area (Å²) >= 11 is 6.92. The first kappa shape index (κ1) is 15.5. The first-order valence-electron chi connectivity index (χ1n) is 6.15. The summed E-state index contributed by atoms with van der Waals surface area (Å²) in [6.07, 6.45) is 0. The third kappa shape index (κ3) is 3.62. The second kappa shape index (κ2) is 6.28.